The van der Waals surface area contributed by atoms with Gasteiger partial charge in [-0.2, -0.15) is 0 Å². The number of anilines is 2. The minimum Gasteiger partial charge on any atom is -0.452 e. The highest BCUT2D eigenvalue weighted by Gasteiger charge is 2.25. The molecule has 0 aliphatic rings. The van der Waals surface area contributed by atoms with Crippen molar-refractivity contribution in [2.75, 3.05) is 22.8 Å². The van der Waals surface area contributed by atoms with Crippen molar-refractivity contribution in [3.63, 3.8) is 0 Å². The van der Waals surface area contributed by atoms with Crippen molar-refractivity contribution in [2.45, 2.75) is 11.8 Å². The third-order valence-corrected chi connectivity index (χ3v) is 7.66. The van der Waals surface area contributed by atoms with Gasteiger partial charge in [-0.3, -0.25) is 13.9 Å². The van der Waals surface area contributed by atoms with Crippen LogP contribution >= 0.6 is 11.6 Å². The first-order valence-corrected chi connectivity index (χ1v) is 13.0. The van der Waals surface area contributed by atoms with Crippen molar-refractivity contribution in [2.24, 2.45) is 0 Å². The monoisotopic (exact) mass is 539 g/mol. The molecule has 0 atom stereocenters. The quantitative estimate of drug-likeness (QED) is 0.323. The van der Waals surface area contributed by atoms with Crippen LogP contribution in [0.5, 0.6) is 0 Å². The van der Waals surface area contributed by atoms with Gasteiger partial charge in [-0.15, -0.1) is 0 Å². The van der Waals surface area contributed by atoms with Crippen LogP contribution in [0.4, 0.5) is 11.4 Å². The molecule has 0 radical (unpaired) electrons. The number of rotatable bonds is 8. The Balaban J connectivity index is 1.50. The maximum atomic E-state index is 13.3. The molecule has 4 rings (SSSR count). The minimum absolute atomic E-state index is 0.0128. The maximum absolute atomic E-state index is 13.3. The van der Waals surface area contributed by atoms with E-state index in [1.165, 1.54) is 22.5 Å². The first-order chi connectivity index (χ1) is 17.7. The highest BCUT2D eigenvalue weighted by molar-refractivity contribution is 7.92. The average molecular weight is 540 g/mol. The summed E-state index contributed by atoms with van der Waals surface area (Å²) in [6.45, 7) is 1.21. The second-order valence-corrected chi connectivity index (χ2v) is 10.1. The second-order valence-electron chi connectivity index (χ2n) is 7.86. The lowest BCUT2D eigenvalue weighted by atomic mass is 10.1. The van der Waals surface area contributed by atoms with E-state index in [1.54, 1.807) is 61.5 Å². The number of hydrogen-bond donors (Lipinski definition) is 2. The third-order valence-electron chi connectivity index (χ3n) is 5.44. The van der Waals surface area contributed by atoms with Gasteiger partial charge in [0.15, 0.2) is 6.61 Å². The number of esters is 1. The Bertz CT molecular complexity index is 1640. The zero-order valence-electron chi connectivity index (χ0n) is 19.6. The van der Waals surface area contributed by atoms with Gasteiger partial charge in [-0.25, -0.2) is 13.2 Å². The molecule has 0 aliphatic heterocycles. The lowest BCUT2D eigenvalue weighted by Crippen LogP contribution is -2.30. The molecule has 4 aromatic rings. The number of amides is 1. The molecule has 0 aliphatic carbocycles. The number of benzene rings is 3. The summed E-state index contributed by atoms with van der Waals surface area (Å²) in [6.07, 6.45) is 0. The maximum Gasteiger partial charge on any atom is 0.339 e. The predicted molar refractivity (Wildman–Crippen MR) is 142 cm³/mol. The molecule has 0 saturated carbocycles. The lowest BCUT2D eigenvalue weighted by Gasteiger charge is -2.23. The number of nitrogens with zero attached hydrogens (tertiary/aromatic N) is 1. The number of ether oxygens (including phenoxy) is 1. The van der Waals surface area contributed by atoms with Crippen LogP contribution < -0.4 is 15.2 Å². The molecule has 0 fully saturated rings. The summed E-state index contributed by atoms with van der Waals surface area (Å²) in [5.41, 5.74) is 0.502. The van der Waals surface area contributed by atoms with Gasteiger partial charge in [0.05, 0.1) is 26.9 Å². The molecule has 0 bridgehead atoms. The number of carbonyl (C=O) groups excluding carboxylic acids is 2. The van der Waals surface area contributed by atoms with Gasteiger partial charge >= 0.3 is 5.97 Å². The minimum atomic E-state index is -3.96. The lowest BCUT2D eigenvalue weighted by molar-refractivity contribution is -0.119. The Hall–Kier alpha value is -4.15. The molecule has 9 nitrogen and oxygen atoms in total. The van der Waals surface area contributed by atoms with Crippen LogP contribution in [-0.2, 0) is 19.6 Å². The summed E-state index contributed by atoms with van der Waals surface area (Å²) in [4.78, 5) is 39.6. The van der Waals surface area contributed by atoms with Gasteiger partial charge < -0.3 is 15.0 Å². The number of pyridine rings is 1. The number of aromatic amines is 1. The third kappa shape index (κ3) is 5.65. The molecule has 190 valence electrons. The SMILES string of the molecule is CCN(c1ccccc1)S(=O)(=O)c1ccc(Cl)c(NC(=O)COC(=O)c2cc(=O)[nH]c3ccccc23)c1. The van der Waals surface area contributed by atoms with E-state index in [1.807, 2.05) is 0 Å². The number of nitrogens with one attached hydrogen (secondary N) is 2. The van der Waals surface area contributed by atoms with Crippen molar-refractivity contribution in [1.82, 2.24) is 4.98 Å². The standard InChI is InChI=1S/C26H22ClN3O6S/c1-2-30(17-8-4-3-5-9-17)37(34,35)18-12-13-21(27)23(14-18)29-25(32)16-36-26(33)20-15-24(31)28-22-11-7-6-10-19(20)22/h3-15H,2,16H2,1H3,(H,28,31)(H,29,32). The topological polar surface area (TPSA) is 126 Å². The number of hydrogen-bond acceptors (Lipinski definition) is 6. The molecule has 1 amide bonds. The molecule has 3 aromatic carbocycles. The van der Waals surface area contributed by atoms with E-state index in [0.717, 1.165) is 6.07 Å². The van der Waals surface area contributed by atoms with Crippen LogP contribution in [0.25, 0.3) is 10.9 Å². The van der Waals surface area contributed by atoms with E-state index < -0.39 is 34.1 Å². The molecule has 0 saturated heterocycles. The zero-order chi connectivity index (χ0) is 26.6. The van der Waals surface area contributed by atoms with E-state index >= 15 is 0 Å². The fraction of sp³-hybridized carbons (Fsp3) is 0.115. The molecule has 0 unspecified atom stereocenters. The van der Waals surface area contributed by atoms with Gasteiger partial charge in [-0.1, -0.05) is 48.0 Å². The van der Waals surface area contributed by atoms with Crippen LogP contribution in [0.1, 0.15) is 17.3 Å². The zero-order valence-corrected chi connectivity index (χ0v) is 21.2. The smallest absolute Gasteiger partial charge is 0.339 e. The second kappa shape index (κ2) is 10.9. The van der Waals surface area contributed by atoms with Crippen molar-refractivity contribution >= 4 is 55.8 Å². The number of para-hydroxylation sites is 2. The number of aromatic nitrogens is 1. The Morgan fingerprint density at radius 2 is 1.70 bits per heavy atom. The number of sulfonamides is 1. The molecule has 0 spiro atoms. The van der Waals surface area contributed by atoms with Gasteiger partial charge in [-0.05, 0) is 43.3 Å². The Morgan fingerprint density at radius 3 is 2.43 bits per heavy atom. The summed E-state index contributed by atoms with van der Waals surface area (Å²) in [5.74, 6) is -1.60. The largest absolute Gasteiger partial charge is 0.452 e. The highest BCUT2D eigenvalue weighted by atomic mass is 35.5. The fourth-order valence-electron chi connectivity index (χ4n) is 3.74. The number of halogens is 1. The van der Waals surface area contributed by atoms with E-state index in [4.69, 9.17) is 16.3 Å². The Morgan fingerprint density at radius 1 is 1.00 bits per heavy atom. The van der Waals surface area contributed by atoms with E-state index in [9.17, 15) is 22.8 Å². The van der Waals surface area contributed by atoms with Crippen LogP contribution in [-0.4, -0.2) is 38.4 Å². The van der Waals surface area contributed by atoms with Crippen molar-refractivity contribution < 1.29 is 22.7 Å². The van der Waals surface area contributed by atoms with Crippen LogP contribution in [0.15, 0.2) is 88.6 Å². The first-order valence-electron chi connectivity index (χ1n) is 11.2. The van der Waals surface area contributed by atoms with Crippen LogP contribution in [0, 0.1) is 0 Å². The summed E-state index contributed by atoms with van der Waals surface area (Å²) in [6, 6.07) is 20.3. The highest BCUT2D eigenvalue weighted by Crippen LogP contribution is 2.29. The van der Waals surface area contributed by atoms with Crippen LogP contribution in [0.3, 0.4) is 0 Å². The Labute approximate surface area is 217 Å². The summed E-state index contributed by atoms with van der Waals surface area (Å²) in [5, 5.41) is 3.04. The fourth-order valence-corrected chi connectivity index (χ4v) is 5.41. The molecular weight excluding hydrogens is 518 g/mol. The summed E-state index contributed by atoms with van der Waals surface area (Å²) < 4.78 is 32.9. The first kappa shape index (κ1) is 25.9. The molecule has 1 heterocycles. The molecule has 1 aromatic heterocycles. The van der Waals surface area contributed by atoms with E-state index in [2.05, 4.69) is 10.3 Å². The number of fused-ring (bicyclic) bond motifs is 1. The van der Waals surface area contributed by atoms with Gasteiger partial charge in [0.1, 0.15) is 0 Å². The van der Waals surface area contributed by atoms with Crippen LogP contribution in [0.2, 0.25) is 5.02 Å². The Kier molecular flexibility index (Phi) is 7.61. The average Bonchev–Trinajstić information content (AvgIpc) is 2.88. The van der Waals surface area contributed by atoms with E-state index in [0.29, 0.717) is 16.6 Å². The van der Waals surface area contributed by atoms with Gasteiger partial charge in [0.2, 0.25) is 5.56 Å². The molecule has 2 N–H and O–H groups in total. The molecular formula is C26H22ClN3O6S. The summed E-state index contributed by atoms with van der Waals surface area (Å²) in [7, 11) is -3.96. The number of carbonyl (C=O) groups is 2. The molecule has 11 heteroatoms. The molecule has 37 heavy (non-hydrogen) atoms. The predicted octanol–water partition coefficient (Wildman–Crippen LogP) is 4.19. The number of H-pyrrole nitrogens is 1. The van der Waals surface area contributed by atoms with Crippen molar-refractivity contribution in [3.05, 3.63) is 99.8 Å². The van der Waals surface area contributed by atoms with Gasteiger partial charge in [0.25, 0.3) is 15.9 Å². The van der Waals surface area contributed by atoms with Crippen molar-refractivity contribution in [1.29, 1.82) is 0 Å². The summed E-state index contributed by atoms with van der Waals surface area (Å²) >= 11 is 6.19. The normalized spacial score (nSPS) is 11.2. The van der Waals surface area contributed by atoms with E-state index in [-0.39, 0.29) is 27.7 Å². The van der Waals surface area contributed by atoms with Crippen molar-refractivity contribution in [3.8, 4) is 0 Å². The van der Waals surface area contributed by atoms with Gasteiger partial charge in [0, 0.05) is 23.5 Å².